The lowest BCUT2D eigenvalue weighted by molar-refractivity contribution is 0.489. The van der Waals surface area contributed by atoms with Crippen LogP contribution in [0.1, 0.15) is 22.9 Å². The SMILES string of the molecule is O=S(=O)(O)Nc1ccc(CC(NS(=O)(=O)CCc2ccccc2)c2csc(-c3cccs3)n2)cc1. The van der Waals surface area contributed by atoms with Gasteiger partial charge in [-0.15, -0.1) is 22.7 Å². The molecule has 0 amide bonds. The second kappa shape index (κ2) is 11.0. The molecule has 2 heterocycles. The lowest BCUT2D eigenvalue weighted by atomic mass is 10.0. The number of thiophene rings is 1. The summed E-state index contributed by atoms with van der Waals surface area (Å²) in [5.74, 6) is -0.0628. The van der Waals surface area contributed by atoms with Crippen molar-refractivity contribution in [2.24, 2.45) is 0 Å². The Balaban J connectivity index is 1.54. The molecule has 4 aromatic rings. The maximum atomic E-state index is 13.0. The lowest BCUT2D eigenvalue weighted by Crippen LogP contribution is -2.32. The molecule has 35 heavy (non-hydrogen) atoms. The molecule has 0 aliphatic heterocycles. The Bertz CT molecular complexity index is 1450. The molecule has 0 aliphatic rings. The topological polar surface area (TPSA) is 125 Å². The quantitative estimate of drug-likeness (QED) is 0.236. The highest BCUT2D eigenvalue weighted by molar-refractivity contribution is 7.89. The summed E-state index contributed by atoms with van der Waals surface area (Å²) >= 11 is 3.01. The first-order valence-electron chi connectivity index (χ1n) is 10.5. The molecule has 0 saturated heterocycles. The predicted molar refractivity (Wildman–Crippen MR) is 141 cm³/mol. The Kier molecular flexibility index (Phi) is 7.99. The molecule has 1 atom stereocenters. The van der Waals surface area contributed by atoms with Crippen LogP contribution in [0.25, 0.3) is 9.88 Å². The molecule has 0 saturated carbocycles. The summed E-state index contributed by atoms with van der Waals surface area (Å²) in [5, 5.41) is 4.63. The molecule has 2 aromatic heterocycles. The van der Waals surface area contributed by atoms with E-state index in [0.717, 1.165) is 21.0 Å². The van der Waals surface area contributed by atoms with Crippen molar-refractivity contribution in [3.63, 3.8) is 0 Å². The number of benzene rings is 2. The second-order valence-electron chi connectivity index (χ2n) is 7.76. The van der Waals surface area contributed by atoms with Crippen LogP contribution < -0.4 is 9.44 Å². The minimum absolute atomic E-state index is 0.0628. The van der Waals surface area contributed by atoms with E-state index in [2.05, 4.69) is 4.72 Å². The molecular formula is C23H23N3O5S4. The van der Waals surface area contributed by atoms with E-state index >= 15 is 0 Å². The van der Waals surface area contributed by atoms with Gasteiger partial charge in [0.25, 0.3) is 0 Å². The number of sulfonamides is 1. The molecule has 12 heteroatoms. The number of aromatic nitrogens is 1. The van der Waals surface area contributed by atoms with E-state index in [1.165, 1.54) is 23.5 Å². The van der Waals surface area contributed by atoms with Crippen LogP contribution in [-0.4, -0.2) is 32.1 Å². The van der Waals surface area contributed by atoms with Gasteiger partial charge in [-0.05, 0) is 47.5 Å². The molecule has 4 rings (SSSR count). The van der Waals surface area contributed by atoms with Gasteiger partial charge in [-0.3, -0.25) is 9.27 Å². The van der Waals surface area contributed by atoms with Gasteiger partial charge in [0.05, 0.1) is 28.1 Å². The highest BCUT2D eigenvalue weighted by Crippen LogP contribution is 2.31. The number of aryl methyl sites for hydroxylation is 1. The van der Waals surface area contributed by atoms with Crippen molar-refractivity contribution in [2.75, 3.05) is 10.5 Å². The standard InChI is InChI=1S/C23H23N3O5S4/c27-34(28,14-12-17-5-2-1-3-6-17)26-20(21-16-33-23(24-21)22-7-4-13-32-22)15-18-8-10-19(11-9-18)25-35(29,30)31/h1-11,13,16,20,25-26H,12,14-15H2,(H,29,30,31). The van der Waals surface area contributed by atoms with Crippen molar-refractivity contribution in [1.29, 1.82) is 0 Å². The van der Waals surface area contributed by atoms with Crippen molar-refractivity contribution in [2.45, 2.75) is 18.9 Å². The van der Waals surface area contributed by atoms with Crippen molar-refractivity contribution in [1.82, 2.24) is 9.71 Å². The second-order valence-corrected chi connectivity index (χ2v) is 12.6. The Hall–Kier alpha value is -2.61. The van der Waals surface area contributed by atoms with E-state index < -0.39 is 26.4 Å². The third-order valence-electron chi connectivity index (χ3n) is 5.08. The normalized spacial score (nSPS) is 12.9. The fraction of sp³-hybridized carbons (Fsp3) is 0.174. The van der Waals surface area contributed by atoms with E-state index in [1.54, 1.807) is 23.5 Å². The van der Waals surface area contributed by atoms with Gasteiger partial charge in [0.1, 0.15) is 5.01 Å². The summed E-state index contributed by atoms with van der Waals surface area (Å²) in [4.78, 5) is 5.70. The molecule has 184 valence electrons. The van der Waals surface area contributed by atoms with Crippen LogP contribution in [0.15, 0.2) is 77.5 Å². The van der Waals surface area contributed by atoms with Gasteiger partial charge < -0.3 is 0 Å². The third-order valence-corrected chi connectivity index (χ3v) is 8.85. The lowest BCUT2D eigenvalue weighted by Gasteiger charge is -2.18. The van der Waals surface area contributed by atoms with Crippen LogP contribution in [0.4, 0.5) is 5.69 Å². The van der Waals surface area contributed by atoms with Gasteiger partial charge in [0, 0.05) is 5.38 Å². The zero-order valence-electron chi connectivity index (χ0n) is 18.4. The minimum Gasteiger partial charge on any atom is -0.269 e. The molecule has 3 N–H and O–H groups in total. The Morgan fingerprint density at radius 1 is 0.886 bits per heavy atom. The van der Waals surface area contributed by atoms with Gasteiger partial charge in [-0.2, -0.15) is 8.42 Å². The van der Waals surface area contributed by atoms with E-state index in [9.17, 15) is 16.8 Å². The molecule has 0 spiro atoms. The van der Waals surface area contributed by atoms with E-state index in [1.807, 2.05) is 57.9 Å². The number of nitrogens with one attached hydrogen (secondary N) is 2. The van der Waals surface area contributed by atoms with Crippen LogP contribution >= 0.6 is 22.7 Å². The summed E-state index contributed by atoms with van der Waals surface area (Å²) in [6, 6.07) is 19.1. The Morgan fingerprint density at radius 3 is 2.29 bits per heavy atom. The number of anilines is 1. The fourth-order valence-electron chi connectivity index (χ4n) is 3.43. The number of nitrogens with zero attached hydrogens (tertiary/aromatic N) is 1. The molecule has 0 fully saturated rings. The van der Waals surface area contributed by atoms with Crippen LogP contribution in [0.5, 0.6) is 0 Å². The monoisotopic (exact) mass is 549 g/mol. The molecule has 1 unspecified atom stereocenters. The molecule has 0 aliphatic carbocycles. The van der Waals surface area contributed by atoms with E-state index in [-0.39, 0.29) is 11.4 Å². The first-order chi connectivity index (χ1) is 16.7. The average Bonchev–Trinajstić information content (AvgIpc) is 3.50. The van der Waals surface area contributed by atoms with Gasteiger partial charge in [-0.1, -0.05) is 48.5 Å². The number of hydrogen-bond acceptors (Lipinski definition) is 7. The highest BCUT2D eigenvalue weighted by atomic mass is 32.2. The van der Waals surface area contributed by atoms with Gasteiger partial charge in [-0.25, -0.2) is 18.1 Å². The molecule has 0 radical (unpaired) electrons. The molecule has 0 bridgehead atoms. The molecule has 8 nitrogen and oxygen atoms in total. The zero-order chi connectivity index (χ0) is 24.9. The van der Waals surface area contributed by atoms with Crippen LogP contribution in [0.3, 0.4) is 0 Å². The summed E-state index contributed by atoms with van der Waals surface area (Å²) in [6.07, 6.45) is 0.695. The van der Waals surface area contributed by atoms with Crippen molar-refractivity contribution in [3.8, 4) is 9.88 Å². The predicted octanol–water partition coefficient (Wildman–Crippen LogP) is 4.53. The maximum Gasteiger partial charge on any atom is 0.357 e. The van der Waals surface area contributed by atoms with Crippen molar-refractivity contribution in [3.05, 3.63) is 94.3 Å². The summed E-state index contributed by atoms with van der Waals surface area (Å²) < 4.78 is 61.8. The highest BCUT2D eigenvalue weighted by Gasteiger charge is 2.23. The molecule has 2 aromatic carbocycles. The fourth-order valence-corrected chi connectivity index (χ4v) is 6.81. The Labute approximate surface area is 212 Å². The third kappa shape index (κ3) is 7.69. The Morgan fingerprint density at radius 2 is 1.63 bits per heavy atom. The summed E-state index contributed by atoms with van der Waals surface area (Å²) in [6.45, 7) is 0. The zero-order valence-corrected chi connectivity index (χ0v) is 21.6. The van der Waals surface area contributed by atoms with Crippen LogP contribution in [0, 0.1) is 0 Å². The first kappa shape index (κ1) is 25.5. The first-order valence-corrected chi connectivity index (χ1v) is 15.4. The minimum atomic E-state index is -4.38. The van der Waals surface area contributed by atoms with Gasteiger partial charge in [0.15, 0.2) is 0 Å². The van der Waals surface area contributed by atoms with Gasteiger partial charge >= 0.3 is 10.3 Å². The van der Waals surface area contributed by atoms with Crippen molar-refractivity contribution >= 4 is 48.7 Å². The number of rotatable bonds is 11. The summed E-state index contributed by atoms with van der Waals surface area (Å²) in [5.41, 5.74) is 2.52. The maximum absolute atomic E-state index is 13.0. The van der Waals surface area contributed by atoms with Crippen molar-refractivity contribution < 1.29 is 21.4 Å². The summed E-state index contributed by atoms with van der Waals surface area (Å²) in [7, 11) is -8.01. The van der Waals surface area contributed by atoms with Crippen LogP contribution in [0.2, 0.25) is 0 Å². The average molecular weight is 550 g/mol. The smallest absolute Gasteiger partial charge is 0.269 e. The van der Waals surface area contributed by atoms with Gasteiger partial charge in [0.2, 0.25) is 10.0 Å². The largest absolute Gasteiger partial charge is 0.357 e. The molecular weight excluding hydrogens is 527 g/mol. The number of thiazole rings is 1. The van der Waals surface area contributed by atoms with E-state index in [0.29, 0.717) is 18.5 Å². The van der Waals surface area contributed by atoms with E-state index in [4.69, 9.17) is 9.54 Å². The number of hydrogen-bond donors (Lipinski definition) is 3. The van der Waals surface area contributed by atoms with Crippen LogP contribution in [-0.2, 0) is 33.2 Å².